The predicted octanol–water partition coefficient (Wildman–Crippen LogP) is 1.03. The summed E-state index contributed by atoms with van der Waals surface area (Å²) < 4.78 is 5.48. The number of rotatable bonds is 6. The maximum atomic E-state index is 11.9. The minimum absolute atomic E-state index is 0.0422. The molecule has 0 unspecified atom stereocenters. The lowest BCUT2D eigenvalue weighted by Crippen LogP contribution is -2.33. The molecule has 0 atom stereocenters. The van der Waals surface area contributed by atoms with Gasteiger partial charge >= 0.3 is 0 Å². The Hall–Kier alpha value is -2.24. The number of amidine groups is 1. The van der Waals surface area contributed by atoms with E-state index in [9.17, 15) is 4.79 Å². The number of hydrogen-bond acceptors (Lipinski definition) is 4. The standard InChI is InChI=1S/C14H19N3O3/c1-17(8-10-6-7-10)13(18)9-20-12-5-3-2-4-11(12)14(15)16-19/h2-5,10,19H,6-9H2,1H3,(H2,15,16). The monoisotopic (exact) mass is 277 g/mol. The van der Waals surface area contributed by atoms with Crippen molar-refractivity contribution in [2.75, 3.05) is 20.2 Å². The third kappa shape index (κ3) is 3.63. The summed E-state index contributed by atoms with van der Waals surface area (Å²) in [5, 5.41) is 11.7. The maximum absolute atomic E-state index is 11.9. The highest BCUT2D eigenvalue weighted by atomic mass is 16.5. The smallest absolute Gasteiger partial charge is 0.260 e. The van der Waals surface area contributed by atoms with Gasteiger partial charge in [-0.1, -0.05) is 17.3 Å². The minimum atomic E-state index is -0.0776. The van der Waals surface area contributed by atoms with E-state index in [0.717, 1.165) is 6.54 Å². The topological polar surface area (TPSA) is 88.2 Å². The summed E-state index contributed by atoms with van der Waals surface area (Å²) in [5.74, 6) is 0.954. The quantitative estimate of drug-likeness (QED) is 0.352. The Morgan fingerprint density at radius 3 is 2.85 bits per heavy atom. The van der Waals surface area contributed by atoms with Crippen molar-refractivity contribution in [2.24, 2.45) is 16.8 Å². The van der Waals surface area contributed by atoms with E-state index in [1.54, 1.807) is 36.2 Å². The molecule has 0 spiro atoms. The molecule has 0 radical (unpaired) electrons. The van der Waals surface area contributed by atoms with Crippen molar-refractivity contribution in [3.05, 3.63) is 29.8 Å². The van der Waals surface area contributed by atoms with Gasteiger partial charge in [-0.05, 0) is 30.9 Å². The Labute approximate surface area is 117 Å². The van der Waals surface area contributed by atoms with E-state index in [1.807, 2.05) is 0 Å². The van der Waals surface area contributed by atoms with Crippen LogP contribution in [0.25, 0.3) is 0 Å². The highest BCUT2D eigenvalue weighted by molar-refractivity contribution is 5.99. The number of nitrogens with zero attached hydrogens (tertiary/aromatic N) is 2. The van der Waals surface area contributed by atoms with Gasteiger partial charge in [0.2, 0.25) is 0 Å². The van der Waals surface area contributed by atoms with Gasteiger partial charge in [-0.2, -0.15) is 0 Å². The van der Waals surface area contributed by atoms with Crippen LogP contribution in [0.2, 0.25) is 0 Å². The first-order valence-corrected chi connectivity index (χ1v) is 6.55. The van der Waals surface area contributed by atoms with Crippen LogP contribution >= 0.6 is 0 Å². The molecule has 3 N–H and O–H groups in total. The lowest BCUT2D eigenvalue weighted by Gasteiger charge is -2.17. The van der Waals surface area contributed by atoms with Crippen LogP contribution in [-0.4, -0.2) is 42.0 Å². The summed E-state index contributed by atoms with van der Waals surface area (Å²) in [5.41, 5.74) is 6.03. The third-order valence-electron chi connectivity index (χ3n) is 3.28. The second-order valence-corrected chi connectivity index (χ2v) is 4.99. The van der Waals surface area contributed by atoms with E-state index in [1.165, 1.54) is 12.8 Å². The van der Waals surface area contributed by atoms with Gasteiger partial charge in [-0.25, -0.2) is 0 Å². The van der Waals surface area contributed by atoms with Gasteiger partial charge in [0.15, 0.2) is 12.4 Å². The van der Waals surface area contributed by atoms with E-state index in [2.05, 4.69) is 5.16 Å². The first-order valence-electron chi connectivity index (χ1n) is 6.55. The molecule has 0 bridgehead atoms. The van der Waals surface area contributed by atoms with E-state index in [4.69, 9.17) is 15.7 Å². The molecule has 108 valence electrons. The second kappa shape index (κ2) is 6.27. The summed E-state index contributed by atoms with van der Waals surface area (Å²) in [4.78, 5) is 13.6. The normalized spacial score (nSPS) is 14.9. The number of ether oxygens (including phenoxy) is 1. The van der Waals surface area contributed by atoms with Crippen molar-refractivity contribution in [1.29, 1.82) is 0 Å². The molecule has 6 heteroatoms. The fourth-order valence-electron chi connectivity index (χ4n) is 1.90. The molecule has 1 aliphatic carbocycles. The van der Waals surface area contributed by atoms with Gasteiger partial charge in [0, 0.05) is 13.6 Å². The van der Waals surface area contributed by atoms with E-state index < -0.39 is 0 Å². The Morgan fingerprint density at radius 2 is 2.20 bits per heavy atom. The van der Waals surface area contributed by atoms with Crippen LogP contribution < -0.4 is 10.5 Å². The zero-order valence-corrected chi connectivity index (χ0v) is 11.5. The third-order valence-corrected chi connectivity index (χ3v) is 3.28. The van der Waals surface area contributed by atoms with Crippen molar-refractivity contribution in [1.82, 2.24) is 4.90 Å². The molecular weight excluding hydrogens is 258 g/mol. The molecular formula is C14H19N3O3. The molecule has 0 aliphatic heterocycles. The average molecular weight is 277 g/mol. The van der Waals surface area contributed by atoms with Crippen LogP contribution in [0.1, 0.15) is 18.4 Å². The average Bonchev–Trinajstić information content (AvgIpc) is 3.28. The fourth-order valence-corrected chi connectivity index (χ4v) is 1.90. The molecule has 1 fully saturated rings. The Kier molecular flexibility index (Phi) is 4.45. The summed E-state index contributed by atoms with van der Waals surface area (Å²) in [6, 6.07) is 6.87. The minimum Gasteiger partial charge on any atom is -0.483 e. The number of carbonyl (C=O) groups excluding carboxylic acids is 1. The van der Waals surface area contributed by atoms with Gasteiger partial charge < -0.3 is 20.6 Å². The van der Waals surface area contributed by atoms with Crippen molar-refractivity contribution < 1.29 is 14.7 Å². The molecule has 1 aliphatic rings. The molecule has 20 heavy (non-hydrogen) atoms. The number of benzene rings is 1. The Bertz CT molecular complexity index is 512. The van der Waals surface area contributed by atoms with Crippen molar-refractivity contribution in [3.63, 3.8) is 0 Å². The highest BCUT2D eigenvalue weighted by Crippen LogP contribution is 2.29. The number of hydrogen-bond donors (Lipinski definition) is 2. The molecule has 1 saturated carbocycles. The zero-order chi connectivity index (χ0) is 14.5. The molecule has 6 nitrogen and oxygen atoms in total. The SMILES string of the molecule is CN(CC1CC1)C(=O)COc1ccccc1/C(N)=N/O. The number of likely N-dealkylation sites (N-methyl/N-ethyl adjacent to an activating group) is 1. The number of oxime groups is 1. The first kappa shape index (κ1) is 14.2. The molecule has 0 aromatic heterocycles. The highest BCUT2D eigenvalue weighted by Gasteiger charge is 2.25. The summed E-state index contributed by atoms with van der Waals surface area (Å²) in [7, 11) is 1.78. The van der Waals surface area contributed by atoms with Crippen LogP contribution in [0.4, 0.5) is 0 Å². The molecule has 0 heterocycles. The van der Waals surface area contributed by atoms with E-state index in [0.29, 0.717) is 17.2 Å². The number of para-hydroxylation sites is 1. The summed E-state index contributed by atoms with van der Waals surface area (Å²) in [6.45, 7) is 0.725. The summed E-state index contributed by atoms with van der Waals surface area (Å²) in [6.07, 6.45) is 2.40. The second-order valence-electron chi connectivity index (χ2n) is 4.99. The first-order chi connectivity index (χ1) is 9.61. The largest absolute Gasteiger partial charge is 0.483 e. The van der Waals surface area contributed by atoms with Crippen molar-refractivity contribution in [2.45, 2.75) is 12.8 Å². The van der Waals surface area contributed by atoms with Gasteiger partial charge in [-0.15, -0.1) is 0 Å². The van der Waals surface area contributed by atoms with E-state index >= 15 is 0 Å². The lowest BCUT2D eigenvalue weighted by molar-refractivity contribution is -0.132. The zero-order valence-electron chi connectivity index (χ0n) is 11.5. The van der Waals surface area contributed by atoms with Crippen LogP contribution in [-0.2, 0) is 4.79 Å². The van der Waals surface area contributed by atoms with Crippen LogP contribution in [0.15, 0.2) is 29.4 Å². The van der Waals surface area contributed by atoms with Crippen LogP contribution in [0.5, 0.6) is 5.75 Å². The number of carbonyl (C=O) groups is 1. The molecule has 0 saturated heterocycles. The molecule has 1 aromatic carbocycles. The Morgan fingerprint density at radius 1 is 1.50 bits per heavy atom. The number of nitrogens with two attached hydrogens (primary N) is 1. The van der Waals surface area contributed by atoms with Crippen molar-refractivity contribution >= 4 is 11.7 Å². The van der Waals surface area contributed by atoms with Gasteiger partial charge in [0.05, 0.1) is 5.56 Å². The van der Waals surface area contributed by atoms with Gasteiger partial charge in [0.1, 0.15) is 5.75 Å². The molecule has 2 rings (SSSR count). The lowest BCUT2D eigenvalue weighted by atomic mass is 10.2. The maximum Gasteiger partial charge on any atom is 0.260 e. The predicted molar refractivity (Wildman–Crippen MR) is 74.8 cm³/mol. The summed E-state index contributed by atoms with van der Waals surface area (Å²) >= 11 is 0. The van der Waals surface area contributed by atoms with Gasteiger partial charge in [-0.3, -0.25) is 4.79 Å². The fraction of sp³-hybridized carbons (Fsp3) is 0.429. The van der Waals surface area contributed by atoms with Crippen LogP contribution in [0.3, 0.4) is 0 Å². The van der Waals surface area contributed by atoms with Crippen LogP contribution in [0, 0.1) is 5.92 Å². The van der Waals surface area contributed by atoms with E-state index in [-0.39, 0.29) is 18.3 Å². The Balaban J connectivity index is 1.94. The molecule has 1 aromatic rings. The van der Waals surface area contributed by atoms with Gasteiger partial charge in [0.25, 0.3) is 5.91 Å². The number of amides is 1. The molecule has 1 amide bonds. The van der Waals surface area contributed by atoms with Crippen molar-refractivity contribution in [3.8, 4) is 5.75 Å².